The van der Waals surface area contributed by atoms with Gasteiger partial charge in [0.1, 0.15) is 6.54 Å². The van der Waals surface area contributed by atoms with Crippen LogP contribution in [0.4, 0.5) is 0 Å². The number of carbonyl (C=O) groups excluding carboxylic acids is 2. The fourth-order valence-electron chi connectivity index (χ4n) is 4.17. The maximum Gasteiger partial charge on any atom is 0.177 e. The molecule has 0 fully saturated rings. The Morgan fingerprint density at radius 2 is 1.26 bits per heavy atom. The van der Waals surface area contributed by atoms with E-state index in [1.54, 1.807) is 21.1 Å². The van der Waals surface area contributed by atoms with Crippen molar-refractivity contribution in [2.45, 2.75) is 121 Å². The zero-order chi connectivity index (χ0) is 23.8. The lowest BCUT2D eigenvalue weighted by Crippen LogP contribution is -2.56. The molecule has 6 nitrogen and oxygen atoms in total. The molecular weight excluding hydrogens is 394 g/mol. The van der Waals surface area contributed by atoms with Crippen molar-refractivity contribution in [2.75, 3.05) is 27.7 Å². The number of hydrogen-bond acceptors (Lipinski definition) is 5. The summed E-state index contributed by atoms with van der Waals surface area (Å²) in [6.45, 7) is 2.21. The van der Waals surface area contributed by atoms with Gasteiger partial charge in [-0.1, -0.05) is 90.4 Å². The van der Waals surface area contributed by atoms with Crippen molar-refractivity contribution in [1.29, 1.82) is 0 Å². The predicted molar refractivity (Wildman–Crippen MR) is 123 cm³/mol. The molecule has 31 heavy (non-hydrogen) atoms. The van der Waals surface area contributed by atoms with Crippen molar-refractivity contribution < 1.29 is 29.4 Å². The number of quaternary nitrogens is 1. The van der Waals surface area contributed by atoms with Gasteiger partial charge in [0, 0.05) is 18.8 Å². The molecule has 0 aromatic rings. The summed E-state index contributed by atoms with van der Waals surface area (Å²) in [6, 6.07) is 0. The molecule has 0 spiro atoms. The Morgan fingerprint density at radius 3 is 1.65 bits per heavy atom. The van der Waals surface area contributed by atoms with Crippen molar-refractivity contribution in [2.24, 2.45) is 0 Å². The Bertz CT molecular complexity index is 489. The molecule has 0 aliphatic heterocycles. The molecule has 0 bridgehead atoms. The highest BCUT2D eigenvalue weighted by Crippen LogP contribution is 2.20. The highest BCUT2D eigenvalue weighted by Gasteiger charge is 2.41. The number of carbonyl (C=O) groups is 2. The van der Waals surface area contributed by atoms with Gasteiger partial charge >= 0.3 is 0 Å². The maximum atomic E-state index is 12.5. The summed E-state index contributed by atoms with van der Waals surface area (Å²) in [5, 5.41) is 31.8. The highest BCUT2D eigenvalue weighted by molar-refractivity contribution is 5.91. The molecule has 0 aromatic carbocycles. The van der Waals surface area contributed by atoms with Crippen LogP contribution in [0.15, 0.2) is 0 Å². The Balaban J connectivity index is 3.93. The van der Waals surface area contributed by atoms with Crippen LogP contribution in [-0.2, 0) is 9.59 Å². The lowest BCUT2D eigenvalue weighted by molar-refractivity contribution is -0.875. The molecule has 0 aliphatic carbocycles. The third-order valence-corrected chi connectivity index (χ3v) is 5.75. The summed E-state index contributed by atoms with van der Waals surface area (Å²) in [4.78, 5) is 23.5. The van der Waals surface area contributed by atoms with E-state index in [0.717, 1.165) is 19.3 Å². The lowest BCUT2D eigenvalue weighted by atomic mass is 9.88. The van der Waals surface area contributed by atoms with Crippen LogP contribution in [-0.4, -0.2) is 65.8 Å². The Morgan fingerprint density at radius 1 is 0.839 bits per heavy atom. The summed E-state index contributed by atoms with van der Waals surface area (Å²) in [5.74, 6) is -2.08. The Kier molecular flexibility index (Phi) is 16.1. The van der Waals surface area contributed by atoms with E-state index in [0.29, 0.717) is 6.42 Å². The van der Waals surface area contributed by atoms with Crippen molar-refractivity contribution >= 4 is 11.8 Å². The topological polar surface area (TPSA) is 97.7 Å². The number of ketones is 1. The molecule has 0 saturated carbocycles. The number of carboxylic acid groups (broad SMARTS) is 1. The second kappa shape index (κ2) is 16.6. The standard InChI is InChI=1S/C25H49NO5/c1-5-6-7-8-9-10-11-12-13-14-15-16-17-18-22(27)19-23(28)25(31,20-24(29)30)21-26(2,3)4/h22,27,31H,5-21H2,1-4H3. The Hall–Kier alpha value is -0.980. The van der Waals surface area contributed by atoms with Crippen LogP contribution in [0.1, 0.15) is 110 Å². The van der Waals surface area contributed by atoms with E-state index in [-0.39, 0.29) is 17.4 Å². The zero-order valence-corrected chi connectivity index (χ0v) is 20.7. The van der Waals surface area contributed by atoms with Crippen LogP contribution < -0.4 is 5.11 Å². The van der Waals surface area contributed by atoms with Crippen LogP contribution in [0.3, 0.4) is 0 Å². The number of carboxylic acids is 1. The summed E-state index contributed by atoms with van der Waals surface area (Å²) in [7, 11) is 5.33. The number of likely N-dealkylation sites (N-methyl/N-ethyl adjacent to an activating group) is 1. The normalized spacial score (nSPS) is 14.9. The van der Waals surface area contributed by atoms with Gasteiger partial charge < -0.3 is 24.6 Å². The first-order valence-corrected chi connectivity index (χ1v) is 12.4. The minimum absolute atomic E-state index is 0.0364. The van der Waals surface area contributed by atoms with E-state index >= 15 is 0 Å². The van der Waals surface area contributed by atoms with Gasteiger partial charge in [-0.2, -0.15) is 0 Å². The van der Waals surface area contributed by atoms with Crippen LogP contribution in [0.2, 0.25) is 0 Å². The number of hydrogen-bond donors (Lipinski definition) is 2. The number of aliphatic carboxylic acids is 1. The predicted octanol–water partition coefficient (Wildman–Crippen LogP) is 3.37. The molecule has 0 rings (SSSR count). The van der Waals surface area contributed by atoms with Gasteiger partial charge in [0.05, 0.1) is 27.2 Å². The van der Waals surface area contributed by atoms with Crippen molar-refractivity contribution in [3.8, 4) is 0 Å². The molecule has 2 N–H and O–H groups in total. The summed E-state index contributed by atoms with van der Waals surface area (Å²) in [6.07, 6.45) is 14.9. The van der Waals surface area contributed by atoms with Gasteiger partial charge in [-0.3, -0.25) is 4.79 Å². The fourth-order valence-corrected chi connectivity index (χ4v) is 4.17. The van der Waals surface area contributed by atoms with Gasteiger partial charge in [0.2, 0.25) is 0 Å². The molecule has 2 atom stereocenters. The molecule has 0 radical (unpaired) electrons. The van der Waals surface area contributed by atoms with Crippen LogP contribution in [0, 0.1) is 0 Å². The average molecular weight is 444 g/mol. The van der Waals surface area contributed by atoms with Crippen LogP contribution >= 0.6 is 0 Å². The first-order valence-electron chi connectivity index (χ1n) is 12.4. The second-order valence-corrected chi connectivity index (χ2v) is 10.3. The van der Waals surface area contributed by atoms with Gasteiger partial charge in [0.25, 0.3) is 0 Å². The zero-order valence-electron chi connectivity index (χ0n) is 20.7. The molecule has 0 amide bonds. The summed E-state index contributed by atoms with van der Waals surface area (Å²) in [5.41, 5.74) is -2.01. The third-order valence-electron chi connectivity index (χ3n) is 5.75. The molecule has 0 aromatic heterocycles. The molecule has 184 valence electrons. The monoisotopic (exact) mass is 443 g/mol. The minimum Gasteiger partial charge on any atom is -0.550 e. The maximum absolute atomic E-state index is 12.5. The number of Topliss-reactive ketones (excluding diaryl/α,β-unsaturated/α-hetero) is 1. The summed E-state index contributed by atoms with van der Waals surface area (Å²) >= 11 is 0. The average Bonchev–Trinajstić information content (AvgIpc) is 2.63. The molecule has 6 heteroatoms. The molecule has 0 heterocycles. The first kappa shape index (κ1) is 30.0. The van der Waals surface area contributed by atoms with Crippen molar-refractivity contribution in [3.63, 3.8) is 0 Å². The number of aliphatic hydroxyl groups is 2. The van der Waals surface area contributed by atoms with Gasteiger partial charge in [-0.05, 0) is 6.42 Å². The largest absolute Gasteiger partial charge is 0.550 e. The van der Waals surface area contributed by atoms with E-state index in [4.69, 9.17) is 0 Å². The van der Waals surface area contributed by atoms with Gasteiger partial charge in [-0.15, -0.1) is 0 Å². The fraction of sp³-hybridized carbons (Fsp3) is 0.920. The third kappa shape index (κ3) is 17.3. The van der Waals surface area contributed by atoms with Crippen molar-refractivity contribution in [1.82, 2.24) is 0 Å². The number of aliphatic hydroxyl groups excluding tert-OH is 1. The van der Waals surface area contributed by atoms with E-state index in [1.807, 2.05) is 0 Å². The van der Waals surface area contributed by atoms with Gasteiger partial charge in [-0.25, -0.2) is 0 Å². The molecule has 2 unspecified atom stereocenters. The first-order chi connectivity index (χ1) is 14.5. The molecule has 0 saturated heterocycles. The quantitative estimate of drug-likeness (QED) is 0.209. The number of unbranched alkanes of at least 4 members (excludes halogenated alkanes) is 12. The van der Waals surface area contributed by atoms with E-state index in [2.05, 4.69) is 6.92 Å². The van der Waals surface area contributed by atoms with Crippen molar-refractivity contribution in [3.05, 3.63) is 0 Å². The molecule has 0 aliphatic rings. The van der Waals surface area contributed by atoms with Gasteiger partial charge in [0.15, 0.2) is 11.4 Å². The molecular formula is C25H49NO5. The summed E-state index contributed by atoms with van der Waals surface area (Å²) < 4.78 is 0.241. The van der Waals surface area contributed by atoms with Crippen LogP contribution in [0.5, 0.6) is 0 Å². The van der Waals surface area contributed by atoms with Crippen LogP contribution in [0.25, 0.3) is 0 Å². The Labute approximate surface area is 190 Å². The highest BCUT2D eigenvalue weighted by atomic mass is 16.4. The second-order valence-electron chi connectivity index (χ2n) is 10.3. The van der Waals surface area contributed by atoms with E-state index in [9.17, 15) is 24.9 Å². The minimum atomic E-state index is -2.01. The van der Waals surface area contributed by atoms with E-state index in [1.165, 1.54) is 64.2 Å². The smallest absolute Gasteiger partial charge is 0.177 e. The number of rotatable bonds is 21. The van der Waals surface area contributed by atoms with E-state index < -0.39 is 29.9 Å². The number of nitrogens with zero attached hydrogens (tertiary/aromatic N) is 1. The lowest BCUT2D eigenvalue weighted by Gasteiger charge is -2.35. The SMILES string of the molecule is CCCCCCCCCCCCCCCC(O)CC(=O)C(O)(CC(=O)[O-])C[N+](C)(C)C.